The Labute approximate surface area is 130 Å². The molecule has 1 amide bonds. The maximum absolute atomic E-state index is 12.4. The molecule has 1 aromatic carbocycles. The van der Waals surface area contributed by atoms with Crippen molar-refractivity contribution >= 4 is 11.6 Å². The third-order valence-corrected chi connectivity index (χ3v) is 4.09. The summed E-state index contributed by atoms with van der Waals surface area (Å²) in [5.74, 6) is 0.367. The maximum atomic E-state index is 12.4. The molecule has 1 N–H and O–H groups in total. The van der Waals surface area contributed by atoms with Crippen LogP contribution in [0.25, 0.3) is 0 Å². The largest absolute Gasteiger partial charge is 0.352 e. The van der Waals surface area contributed by atoms with Gasteiger partial charge in [0.05, 0.1) is 10.5 Å². The number of hydrogen-bond acceptors (Lipinski definition) is 4. The fourth-order valence-electron chi connectivity index (χ4n) is 2.37. The van der Waals surface area contributed by atoms with Crippen molar-refractivity contribution in [3.8, 4) is 0 Å². The second kappa shape index (κ2) is 7.35. The average molecular weight is 305 g/mol. The van der Waals surface area contributed by atoms with Crippen LogP contribution in [0.15, 0.2) is 18.2 Å². The molecule has 0 unspecified atom stereocenters. The zero-order valence-corrected chi connectivity index (χ0v) is 13.2. The summed E-state index contributed by atoms with van der Waals surface area (Å²) in [5, 5.41) is 13.9. The second-order valence-corrected chi connectivity index (χ2v) is 5.71. The summed E-state index contributed by atoms with van der Waals surface area (Å²) in [5.41, 5.74) is 1.21. The zero-order valence-electron chi connectivity index (χ0n) is 13.2. The molecule has 1 aliphatic carbocycles. The van der Waals surface area contributed by atoms with E-state index in [0.717, 1.165) is 31.5 Å². The number of hydrogen-bond donors (Lipinski definition) is 1. The summed E-state index contributed by atoms with van der Waals surface area (Å²) < 4.78 is 0. The lowest BCUT2D eigenvalue weighted by atomic mass is 10.0. The summed E-state index contributed by atoms with van der Waals surface area (Å²) in [7, 11) is 0. The first-order valence-corrected chi connectivity index (χ1v) is 7.83. The number of non-ortho nitro benzene ring substituents is 1. The van der Waals surface area contributed by atoms with Gasteiger partial charge in [-0.3, -0.25) is 19.8 Å². The number of rotatable bonds is 8. The minimum Gasteiger partial charge on any atom is -0.352 e. The van der Waals surface area contributed by atoms with E-state index in [1.807, 2.05) is 0 Å². The number of nitro benzene ring substituents is 1. The Bertz CT molecular complexity index is 552. The third kappa shape index (κ3) is 4.27. The zero-order chi connectivity index (χ0) is 16.1. The van der Waals surface area contributed by atoms with Crippen LogP contribution in [0, 0.1) is 16.0 Å². The Morgan fingerprint density at radius 3 is 2.59 bits per heavy atom. The van der Waals surface area contributed by atoms with Crippen LogP contribution in [0.2, 0.25) is 0 Å². The highest BCUT2D eigenvalue weighted by atomic mass is 16.6. The fourth-order valence-corrected chi connectivity index (χ4v) is 2.37. The van der Waals surface area contributed by atoms with Crippen LogP contribution in [-0.4, -0.2) is 35.4 Å². The van der Waals surface area contributed by atoms with Crippen molar-refractivity contribution in [3.63, 3.8) is 0 Å². The monoisotopic (exact) mass is 305 g/mol. The van der Waals surface area contributed by atoms with Crippen LogP contribution in [0.1, 0.15) is 42.6 Å². The lowest BCUT2D eigenvalue weighted by Gasteiger charge is -2.19. The highest BCUT2D eigenvalue weighted by Gasteiger charge is 2.23. The van der Waals surface area contributed by atoms with Gasteiger partial charge in [-0.15, -0.1) is 0 Å². The number of benzene rings is 1. The van der Waals surface area contributed by atoms with Crippen molar-refractivity contribution in [1.82, 2.24) is 10.2 Å². The average Bonchev–Trinajstić information content (AvgIpc) is 3.34. The first-order valence-electron chi connectivity index (χ1n) is 7.83. The molecular weight excluding hydrogens is 282 g/mol. The van der Waals surface area contributed by atoms with Crippen LogP contribution in [-0.2, 0) is 6.54 Å². The molecule has 0 bridgehead atoms. The van der Waals surface area contributed by atoms with E-state index in [0.29, 0.717) is 24.6 Å². The third-order valence-electron chi connectivity index (χ3n) is 4.09. The van der Waals surface area contributed by atoms with Gasteiger partial charge < -0.3 is 5.32 Å². The molecule has 120 valence electrons. The number of nitro groups is 1. The molecule has 22 heavy (non-hydrogen) atoms. The molecule has 0 atom stereocenters. The topological polar surface area (TPSA) is 75.5 Å². The molecule has 1 aromatic rings. The first kappa shape index (κ1) is 16.4. The summed E-state index contributed by atoms with van der Waals surface area (Å²) in [6, 6.07) is 4.56. The van der Waals surface area contributed by atoms with Crippen LogP contribution >= 0.6 is 0 Å². The van der Waals surface area contributed by atoms with Crippen molar-refractivity contribution in [2.24, 2.45) is 5.92 Å². The van der Waals surface area contributed by atoms with E-state index in [9.17, 15) is 14.9 Å². The molecule has 0 spiro atoms. The van der Waals surface area contributed by atoms with Crippen LogP contribution in [0.4, 0.5) is 5.69 Å². The molecule has 0 heterocycles. The molecular formula is C16H23N3O3. The quantitative estimate of drug-likeness (QED) is 0.591. The Hall–Kier alpha value is -1.95. The smallest absolute Gasteiger partial charge is 0.270 e. The highest BCUT2D eigenvalue weighted by molar-refractivity contribution is 5.96. The van der Waals surface area contributed by atoms with Gasteiger partial charge in [0.1, 0.15) is 0 Å². The Kier molecular flexibility index (Phi) is 5.49. The molecule has 6 nitrogen and oxygen atoms in total. The van der Waals surface area contributed by atoms with Crippen molar-refractivity contribution in [2.45, 2.75) is 33.2 Å². The number of nitrogens with zero attached hydrogens (tertiary/aromatic N) is 2. The maximum Gasteiger partial charge on any atom is 0.270 e. The van der Waals surface area contributed by atoms with Gasteiger partial charge in [0.25, 0.3) is 11.6 Å². The molecule has 6 heteroatoms. The normalized spacial score (nSPS) is 14.1. The fraction of sp³-hybridized carbons (Fsp3) is 0.562. The lowest BCUT2D eigenvalue weighted by Crippen LogP contribution is -2.29. The number of carbonyl (C=O) groups excluding carboxylic acids is 1. The molecule has 1 fully saturated rings. The van der Waals surface area contributed by atoms with Gasteiger partial charge in [0.15, 0.2) is 0 Å². The van der Waals surface area contributed by atoms with E-state index in [4.69, 9.17) is 0 Å². The van der Waals surface area contributed by atoms with E-state index in [1.165, 1.54) is 12.1 Å². The Balaban J connectivity index is 2.21. The van der Waals surface area contributed by atoms with Crippen molar-refractivity contribution in [3.05, 3.63) is 39.4 Å². The summed E-state index contributed by atoms with van der Waals surface area (Å²) in [6.45, 7) is 7.14. The number of amides is 1. The molecule has 1 aliphatic rings. The van der Waals surface area contributed by atoms with Crippen LogP contribution in [0.3, 0.4) is 0 Å². The molecule has 2 rings (SSSR count). The Morgan fingerprint density at radius 1 is 1.36 bits per heavy atom. The van der Waals surface area contributed by atoms with E-state index in [-0.39, 0.29) is 11.6 Å². The molecule has 0 aromatic heterocycles. The standard InChI is InChI=1S/C16H23N3O3/c1-3-18(4-2)11-13-7-8-14(19(21)22)9-15(13)16(20)17-10-12-5-6-12/h7-9,12H,3-6,10-11H2,1-2H3,(H,17,20). The van der Waals surface area contributed by atoms with E-state index in [1.54, 1.807) is 6.07 Å². The molecule has 0 radical (unpaired) electrons. The minimum absolute atomic E-state index is 0.0418. The number of nitrogens with one attached hydrogen (secondary N) is 1. The highest BCUT2D eigenvalue weighted by Crippen LogP contribution is 2.28. The lowest BCUT2D eigenvalue weighted by molar-refractivity contribution is -0.384. The SMILES string of the molecule is CCN(CC)Cc1ccc([N+](=O)[O-])cc1C(=O)NCC1CC1. The van der Waals surface area contributed by atoms with Crippen LogP contribution in [0.5, 0.6) is 0 Å². The first-order chi connectivity index (χ1) is 10.5. The predicted octanol–water partition coefficient (Wildman–Crippen LogP) is 2.58. The van der Waals surface area contributed by atoms with E-state index in [2.05, 4.69) is 24.1 Å². The summed E-state index contributed by atoms with van der Waals surface area (Å²) >= 11 is 0. The summed E-state index contributed by atoms with van der Waals surface area (Å²) in [4.78, 5) is 25.1. The van der Waals surface area contributed by atoms with Crippen LogP contribution < -0.4 is 5.32 Å². The van der Waals surface area contributed by atoms with Gasteiger partial charge >= 0.3 is 0 Å². The van der Waals surface area contributed by atoms with Crippen molar-refractivity contribution < 1.29 is 9.72 Å². The van der Waals surface area contributed by atoms with Gasteiger partial charge in [0.2, 0.25) is 0 Å². The van der Waals surface area contributed by atoms with Gasteiger partial charge in [-0.05, 0) is 37.4 Å². The van der Waals surface area contributed by atoms with Crippen molar-refractivity contribution in [1.29, 1.82) is 0 Å². The molecule has 1 saturated carbocycles. The minimum atomic E-state index is -0.459. The van der Waals surface area contributed by atoms with E-state index >= 15 is 0 Å². The van der Waals surface area contributed by atoms with Gasteiger partial charge in [-0.2, -0.15) is 0 Å². The summed E-state index contributed by atoms with van der Waals surface area (Å²) in [6.07, 6.45) is 2.31. The Morgan fingerprint density at radius 2 is 2.05 bits per heavy atom. The molecule has 0 saturated heterocycles. The van der Waals surface area contributed by atoms with Crippen molar-refractivity contribution in [2.75, 3.05) is 19.6 Å². The van der Waals surface area contributed by atoms with Gasteiger partial charge in [0, 0.05) is 25.2 Å². The van der Waals surface area contributed by atoms with Gasteiger partial charge in [-0.1, -0.05) is 19.9 Å². The van der Waals surface area contributed by atoms with Gasteiger partial charge in [-0.25, -0.2) is 0 Å². The second-order valence-electron chi connectivity index (χ2n) is 5.71. The predicted molar refractivity (Wildman–Crippen MR) is 84.8 cm³/mol. The molecule has 0 aliphatic heterocycles. The number of carbonyl (C=O) groups is 1. The van der Waals surface area contributed by atoms with E-state index < -0.39 is 4.92 Å².